The van der Waals surface area contributed by atoms with Crippen molar-refractivity contribution < 1.29 is 4.79 Å². The number of anilines is 1. The lowest BCUT2D eigenvalue weighted by Crippen LogP contribution is -2.34. The van der Waals surface area contributed by atoms with Crippen LogP contribution in [-0.4, -0.2) is 12.1 Å². The van der Waals surface area contributed by atoms with E-state index in [-0.39, 0.29) is 12.1 Å². The van der Waals surface area contributed by atoms with Crippen LogP contribution in [0.15, 0.2) is 18.2 Å². The zero-order valence-corrected chi connectivity index (χ0v) is 9.99. The SMILES string of the molecule is CC(C)NC(=O)Nc1cccc(Cl)c1Cl. The minimum atomic E-state index is -0.297. The third kappa shape index (κ3) is 3.61. The van der Waals surface area contributed by atoms with Gasteiger partial charge in [0.05, 0.1) is 15.7 Å². The summed E-state index contributed by atoms with van der Waals surface area (Å²) in [6.07, 6.45) is 0. The van der Waals surface area contributed by atoms with Crippen molar-refractivity contribution >= 4 is 34.9 Å². The quantitative estimate of drug-likeness (QED) is 0.824. The van der Waals surface area contributed by atoms with E-state index in [0.717, 1.165) is 0 Å². The summed E-state index contributed by atoms with van der Waals surface area (Å²) < 4.78 is 0. The van der Waals surface area contributed by atoms with E-state index in [0.29, 0.717) is 15.7 Å². The number of hydrogen-bond donors (Lipinski definition) is 2. The van der Waals surface area contributed by atoms with Crippen LogP contribution >= 0.6 is 23.2 Å². The second kappa shape index (κ2) is 5.24. The highest BCUT2D eigenvalue weighted by molar-refractivity contribution is 6.43. The van der Waals surface area contributed by atoms with Gasteiger partial charge in [0.15, 0.2) is 0 Å². The molecule has 0 unspecified atom stereocenters. The molecule has 0 aliphatic carbocycles. The Hall–Kier alpha value is -0.930. The van der Waals surface area contributed by atoms with E-state index in [1.165, 1.54) is 0 Å². The van der Waals surface area contributed by atoms with Gasteiger partial charge in [-0.25, -0.2) is 4.79 Å². The average Bonchev–Trinajstić information content (AvgIpc) is 2.11. The lowest BCUT2D eigenvalue weighted by molar-refractivity contribution is 0.250. The fourth-order valence-corrected chi connectivity index (χ4v) is 1.37. The molecule has 0 aliphatic heterocycles. The van der Waals surface area contributed by atoms with Crippen molar-refractivity contribution in [2.75, 3.05) is 5.32 Å². The van der Waals surface area contributed by atoms with Gasteiger partial charge in [-0.2, -0.15) is 0 Å². The monoisotopic (exact) mass is 246 g/mol. The molecule has 1 aromatic rings. The highest BCUT2D eigenvalue weighted by atomic mass is 35.5. The zero-order chi connectivity index (χ0) is 11.4. The maximum absolute atomic E-state index is 11.4. The summed E-state index contributed by atoms with van der Waals surface area (Å²) in [7, 11) is 0. The van der Waals surface area contributed by atoms with Crippen LogP contribution < -0.4 is 10.6 Å². The smallest absolute Gasteiger partial charge is 0.319 e. The van der Waals surface area contributed by atoms with Gasteiger partial charge in [-0.3, -0.25) is 0 Å². The van der Waals surface area contributed by atoms with Crippen LogP contribution in [0.5, 0.6) is 0 Å². The molecule has 15 heavy (non-hydrogen) atoms. The molecule has 5 heteroatoms. The molecule has 0 saturated carbocycles. The summed E-state index contributed by atoms with van der Waals surface area (Å²) in [4.78, 5) is 11.4. The second-order valence-corrected chi connectivity index (χ2v) is 4.14. The number of halogens is 2. The number of carbonyl (C=O) groups is 1. The van der Waals surface area contributed by atoms with Gasteiger partial charge in [0.1, 0.15) is 0 Å². The van der Waals surface area contributed by atoms with Crippen molar-refractivity contribution in [1.82, 2.24) is 5.32 Å². The Balaban J connectivity index is 2.73. The number of hydrogen-bond acceptors (Lipinski definition) is 1. The van der Waals surface area contributed by atoms with Crippen molar-refractivity contribution in [1.29, 1.82) is 0 Å². The average molecular weight is 247 g/mol. The van der Waals surface area contributed by atoms with E-state index in [1.54, 1.807) is 18.2 Å². The molecular weight excluding hydrogens is 235 g/mol. The number of benzene rings is 1. The van der Waals surface area contributed by atoms with Gasteiger partial charge in [0.25, 0.3) is 0 Å². The Kier molecular flexibility index (Phi) is 4.24. The molecule has 0 bridgehead atoms. The van der Waals surface area contributed by atoms with Crippen molar-refractivity contribution in [3.63, 3.8) is 0 Å². The van der Waals surface area contributed by atoms with Gasteiger partial charge in [-0.15, -0.1) is 0 Å². The Labute approximate surface area is 98.8 Å². The Morgan fingerprint density at radius 1 is 1.33 bits per heavy atom. The number of rotatable bonds is 2. The predicted octanol–water partition coefficient (Wildman–Crippen LogP) is 3.52. The highest BCUT2D eigenvalue weighted by Crippen LogP contribution is 2.29. The summed E-state index contributed by atoms with van der Waals surface area (Å²) in [6.45, 7) is 3.75. The van der Waals surface area contributed by atoms with Crippen LogP contribution in [0.2, 0.25) is 10.0 Å². The molecule has 3 nitrogen and oxygen atoms in total. The molecule has 0 spiro atoms. The molecule has 0 saturated heterocycles. The maximum Gasteiger partial charge on any atom is 0.319 e. The molecule has 0 heterocycles. The van der Waals surface area contributed by atoms with E-state index in [2.05, 4.69) is 10.6 Å². The first kappa shape index (κ1) is 12.1. The first-order valence-corrected chi connectivity index (χ1v) is 5.28. The number of carbonyl (C=O) groups excluding carboxylic acids is 1. The minimum absolute atomic E-state index is 0.0722. The molecule has 2 amide bonds. The van der Waals surface area contributed by atoms with Crippen LogP contribution in [0.25, 0.3) is 0 Å². The molecule has 82 valence electrons. The molecule has 0 radical (unpaired) electrons. The fourth-order valence-electron chi connectivity index (χ4n) is 1.02. The Morgan fingerprint density at radius 2 is 2.00 bits per heavy atom. The second-order valence-electron chi connectivity index (χ2n) is 3.35. The van der Waals surface area contributed by atoms with E-state index in [1.807, 2.05) is 13.8 Å². The molecule has 0 fully saturated rings. The first-order valence-electron chi connectivity index (χ1n) is 4.52. The topological polar surface area (TPSA) is 41.1 Å². The summed E-state index contributed by atoms with van der Waals surface area (Å²) in [5.74, 6) is 0. The maximum atomic E-state index is 11.4. The van der Waals surface area contributed by atoms with Gasteiger partial charge in [0.2, 0.25) is 0 Å². The summed E-state index contributed by atoms with van der Waals surface area (Å²) in [5.41, 5.74) is 0.502. The normalized spacial score (nSPS) is 10.2. The number of nitrogens with one attached hydrogen (secondary N) is 2. The zero-order valence-electron chi connectivity index (χ0n) is 8.47. The molecule has 0 aliphatic rings. The molecule has 1 aromatic carbocycles. The third-order valence-electron chi connectivity index (χ3n) is 1.62. The van der Waals surface area contributed by atoms with Gasteiger partial charge in [-0.1, -0.05) is 29.3 Å². The Bertz CT molecular complexity index is 366. The van der Waals surface area contributed by atoms with E-state index >= 15 is 0 Å². The molecule has 2 N–H and O–H groups in total. The van der Waals surface area contributed by atoms with Crippen molar-refractivity contribution in [3.05, 3.63) is 28.2 Å². The molecule has 0 aromatic heterocycles. The predicted molar refractivity (Wildman–Crippen MR) is 63.8 cm³/mol. The van der Waals surface area contributed by atoms with E-state index in [9.17, 15) is 4.79 Å². The summed E-state index contributed by atoms with van der Waals surface area (Å²) in [6, 6.07) is 4.85. The lowest BCUT2D eigenvalue weighted by atomic mass is 10.3. The standard InChI is InChI=1S/C10H12Cl2N2O/c1-6(2)13-10(15)14-8-5-3-4-7(11)9(8)12/h3-6H,1-2H3,(H2,13,14,15). The van der Waals surface area contributed by atoms with Crippen LogP contribution in [0.1, 0.15) is 13.8 Å². The molecular formula is C10H12Cl2N2O. The first-order chi connectivity index (χ1) is 7.00. The highest BCUT2D eigenvalue weighted by Gasteiger charge is 2.08. The summed E-state index contributed by atoms with van der Waals surface area (Å²) in [5, 5.41) is 6.06. The minimum Gasteiger partial charge on any atom is -0.336 e. The van der Waals surface area contributed by atoms with E-state index < -0.39 is 0 Å². The van der Waals surface area contributed by atoms with E-state index in [4.69, 9.17) is 23.2 Å². The van der Waals surface area contributed by atoms with Crippen LogP contribution in [0.3, 0.4) is 0 Å². The fraction of sp³-hybridized carbons (Fsp3) is 0.300. The number of amides is 2. The van der Waals surface area contributed by atoms with Crippen LogP contribution in [0.4, 0.5) is 10.5 Å². The molecule has 1 rings (SSSR count). The number of urea groups is 1. The lowest BCUT2D eigenvalue weighted by Gasteiger charge is -2.11. The van der Waals surface area contributed by atoms with Crippen molar-refractivity contribution in [2.45, 2.75) is 19.9 Å². The van der Waals surface area contributed by atoms with Gasteiger partial charge in [0, 0.05) is 6.04 Å². The van der Waals surface area contributed by atoms with Gasteiger partial charge in [-0.05, 0) is 26.0 Å². The van der Waals surface area contributed by atoms with Crippen molar-refractivity contribution in [2.24, 2.45) is 0 Å². The molecule has 0 atom stereocenters. The van der Waals surface area contributed by atoms with Crippen LogP contribution in [0, 0.1) is 0 Å². The Morgan fingerprint density at radius 3 is 2.60 bits per heavy atom. The van der Waals surface area contributed by atoms with Gasteiger partial charge < -0.3 is 10.6 Å². The third-order valence-corrected chi connectivity index (χ3v) is 2.44. The summed E-state index contributed by atoms with van der Waals surface area (Å²) >= 11 is 11.7. The van der Waals surface area contributed by atoms with Crippen LogP contribution in [-0.2, 0) is 0 Å². The van der Waals surface area contributed by atoms with Crippen molar-refractivity contribution in [3.8, 4) is 0 Å². The van der Waals surface area contributed by atoms with Gasteiger partial charge >= 0.3 is 6.03 Å². The largest absolute Gasteiger partial charge is 0.336 e.